The molecule has 0 aliphatic heterocycles. The molecule has 1 aromatic rings. The first-order chi connectivity index (χ1) is 10.6. The van der Waals surface area contributed by atoms with Crippen molar-refractivity contribution in [2.75, 3.05) is 20.2 Å². The van der Waals surface area contributed by atoms with Crippen molar-refractivity contribution in [1.29, 1.82) is 0 Å². The minimum Gasteiger partial charge on any atom is -0.497 e. The van der Waals surface area contributed by atoms with Gasteiger partial charge in [0.2, 0.25) is 0 Å². The van der Waals surface area contributed by atoms with Crippen molar-refractivity contribution in [3.63, 3.8) is 0 Å². The number of hydrogen-bond donors (Lipinski definition) is 3. The lowest BCUT2D eigenvalue weighted by Gasteiger charge is -2.17. The predicted molar refractivity (Wildman–Crippen MR) is 82.2 cm³/mol. The van der Waals surface area contributed by atoms with Gasteiger partial charge < -0.3 is 20.5 Å². The molecule has 1 aromatic carbocycles. The molecule has 0 aromatic heterocycles. The fourth-order valence-corrected chi connectivity index (χ4v) is 2.42. The Bertz CT molecular complexity index is 541. The molecular weight excluding hydrogens is 284 g/mol. The molecular formula is C16H22N2O4. The maximum atomic E-state index is 11.7. The van der Waals surface area contributed by atoms with Crippen molar-refractivity contribution in [2.24, 2.45) is 0 Å². The molecule has 0 spiro atoms. The predicted octanol–water partition coefficient (Wildman–Crippen LogP) is 1.89. The summed E-state index contributed by atoms with van der Waals surface area (Å²) in [5.41, 5.74) is 1.19. The van der Waals surface area contributed by atoms with Crippen LogP contribution in [0.3, 0.4) is 0 Å². The van der Waals surface area contributed by atoms with Crippen LogP contribution in [0.2, 0.25) is 0 Å². The molecule has 1 fully saturated rings. The van der Waals surface area contributed by atoms with Crippen molar-refractivity contribution < 1.29 is 19.4 Å². The van der Waals surface area contributed by atoms with E-state index in [2.05, 4.69) is 16.7 Å². The van der Waals surface area contributed by atoms with E-state index in [-0.39, 0.29) is 17.9 Å². The van der Waals surface area contributed by atoms with Crippen LogP contribution in [-0.2, 0) is 10.2 Å². The molecule has 6 heteroatoms. The Morgan fingerprint density at radius 1 is 1.32 bits per heavy atom. The molecule has 0 heterocycles. The van der Waals surface area contributed by atoms with Gasteiger partial charge in [0.05, 0.1) is 7.11 Å². The van der Waals surface area contributed by atoms with Gasteiger partial charge in [-0.05, 0) is 37.0 Å². The van der Waals surface area contributed by atoms with Gasteiger partial charge in [0, 0.05) is 24.9 Å². The third-order valence-corrected chi connectivity index (χ3v) is 3.98. The lowest BCUT2D eigenvalue weighted by atomic mass is 9.96. The molecule has 6 nitrogen and oxygen atoms in total. The van der Waals surface area contributed by atoms with E-state index in [0.717, 1.165) is 18.6 Å². The van der Waals surface area contributed by atoms with Crippen LogP contribution < -0.4 is 15.4 Å². The molecule has 0 atom stereocenters. The second-order valence-corrected chi connectivity index (χ2v) is 5.62. The largest absolute Gasteiger partial charge is 0.497 e. The molecule has 1 aliphatic rings. The van der Waals surface area contributed by atoms with Crippen LogP contribution in [0.4, 0.5) is 4.79 Å². The van der Waals surface area contributed by atoms with Gasteiger partial charge in [0.1, 0.15) is 5.75 Å². The smallest absolute Gasteiger partial charge is 0.314 e. The fourth-order valence-electron chi connectivity index (χ4n) is 2.42. The van der Waals surface area contributed by atoms with Crippen LogP contribution in [0.1, 0.15) is 31.2 Å². The summed E-state index contributed by atoms with van der Waals surface area (Å²) in [6, 6.07) is 7.68. The Labute approximate surface area is 129 Å². The number of ether oxygens (including phenoxy) is 1. The Morgan fingerprint density at radius 3 is 2.73 bits per heavy atom. The van der Waals surface area contributed by atoms with Crippen LogP contribution in [0, 0.1) is 0 Å². The zero-order chi connectivity index (χ0) is 16.0. The van der Waals surface area contributed by atoms with Gasteiger partial charge in [-0.1, -0.05) is 12.1 Å². The summed E-state index contributed by atoms with van der Waals surface area (Å²) in [5.74, 6) is -0.0286. The van der Waals surface area contributed by atoms with E-state index in [9.17, 15) is 9.59 Å². The molecule has 120 valence electrons. The minimum atomic E-state index is -0.850. The number of nitrogens with one attached hydrogen (secondary N) is 2. The van der Waals surface area contributed by atoms with Gasteiger partial charge >= 0.3 is 12.0 Å². The van der Waals surface area contributed by atoms with Crippen molar-refractivity contribution in [3.8, 4) is 5.75 Å². The van der Waals surface area contributed by atoms with E-state index in [0.29, 0.717) is 19.5 Å². The zero-order valence-corrected chi connectivity index (χ0v) is 12.7. The second kappa shape index (κ2) is 7.15. The van der Waals surface area contributed by atoms with Crippen LogP contribution in [0.25, 0.3) is 0 Å². The number of benzene rings is 1. The molecule has 1 aliphatic carbocycles. The first-order valence-electron chi connectivity index (χ1n) is 7.44. The van der Waals surface area contributed by atoms with Crippen LogP contribution in [0.15, 0.2) is 24.3 Å². The number of rotatable bonds is 8. The van der Waals surface area contributed by atoms with Crippen LogP contribution in [0.5, 0.6) is 5.75 Å². The molecule has 0 radical (unpaired) electrons. The van der Waals surface area contributed by atoms with Crippen molar-refractivity contribution in [3.05, 3.63) is 29.8 Å². The maximum Gasteiger partial charge on any atom is 0.314 e. The van der Waals surface area contributed by atoms with E-state index >= 15 is 0 Å². The molecule has 2 rings (SSSR count). The first kappa shape index (κ1) is 16.1. The normalized spacial score (nSPS) is 15.0. The van der Waals surface area contributed by atoms with E-state index in [1.54, 1.807) is 7.11 Å². The zero-order valence-electron chi connectivity index (χ0n) is 12.7. The summed E-state index contributed by atoms with van der Waals surface area (Å²) in [6.07, 6.45) is 2.58. The molecule has 3 N–H and O–H groups in total. The van der Waals surface area contributed by atoms with Gasteiger partial charge in [-0.2, -0.15) is 0 Å². The van der Waals surface area contributed by atoms with Gasteiger partial charge in [-0.25, -0.2) is 4.79 Å². The maximum absolute atomic E-state index is 11.7. The van der Waals surface area contributed by atoms with Crippen molar-refractivity contribution >= 4 is 12.0 Å². The summed E-state index contributed by atoms with van der Waals surface area (Å²) in [7, 11) is 1.64. The van der Waals surface area contributed by atoms with Crippen molar-refractivity contribution in [2.45, 2.75) is 31.1 Å². The summed E-state index contributed by atoms with van der Waals surface area (Å²) >= 11 is 0. The number of carboxylic acid groups (broad SMARTS) is 1. The Morgan fingerprint density at radius 2 is 2.09 bits per heavy atom. The van der Waals surface area contributed by atoms with E-state index in [1.807, 2.05) is 18.2 Å². The first-order valence-corrected chi connectivity index (χ1v) is 7.44. The number of carbonyl (C=O) groups is 2. The average molecular weight is 306 g/mol. The van der Waals surface area contributed by atoms with Gasteiger partial charge in [-0.3, -0.25) is 4.79 Å². The Hall–Kier alpha value is -2.24. The molecule has 1 saturated carbocycles. The average Bonchev–Trinajstić information content (AvgIpc) is 3.31. The van der Waals surface area contributed by atoms with E-state index in [4.69, 9.17) is 9.84 Å². The lowest BCUT2D eigenvalue weighted by molar-refractivity contribution is -0.137. The highest BCUT2D eigenvalue weighted by Gasteiger charge is 2.44. The number of carbonyl (C=O) groups excluding carboxylic acids is 1. The second-order valence-electron chi connectivity index (χ2n) is 5.62. The highest BCUT2D eigenvalue weighted by molar-refractivity contribution is 5.74. The van der Waals surface area contributed by atoms with Gasteiger partial charge in [0.25, 0.3) is 0 Å². The van der Waals surface area contributed by atoms with E-state index < -0.39 is 5.97 Å². The highest BCUT2D eigenvalue weighted by atomic mass is 16.5. The molecule has 2 amide bonds. The van der Waals surface area contributed by atoms with Gasteiger partial charge in [-0.15, -0.1) is 0 Å². The van der Waals surface area contributed by atoms with Gasteiger partial charge in [0.15, 0.2) is 0 Å². The highest BCUT2D eigenvalue weighted by Crippen LogP contribution is 2.48. The summed E-state index contributed by atoms with van der Waals surface area (Å²) in [4.78, 5) is 22.1. The fraction of sp³-hybridized carbons (Fsp3) is 0.500. The topological polar surface area (TPSA) is 87.7 Å². The number of methoxy groups -OCH3 is 1. The summed E-state index contributed by atoms with van der Waals surface area (Å²) in [5, 5.41) is 14.1. The molecule has 0 bridgehead atoms. The molecule has 22 heavy (non-hydrogen) atoms. The SMILES string of the molecule is COc1cccc(C2(CNC(=O)NCCCC(=O)O)CC2)c1. The molecule has 0 saturated heterocycles. The monoisotopic (exact) mass is 306 g/mol. The number of amides is 2. The quantitative estimate of drug-likeness (QED) is 0.640. The summed E-state index contributed by atoms with van der Waals surface area (Å²) < 4.78 is 5.24. The third-order valence-electron chi connectivity index (χ3n) is 3.98. The molecule has 0 unspecified atom stereocenters. The number of carboxylic acids is 1. The number of urea groups is 1. The lowest BCUT2D eigenvalue weighted by Crippen LogP contribution is -2.40. The standard InChI is InChI=1S/C16H22N2O4/c1-22-13-5-2-4-12(10-13)16(7-8-16)11-18-15(21)17-9-3-6-14(19)20/h2,4-5,10H,3,6-9,11H2,1H3,(H,19,20)(H2,17,18,21). The number of hydrogen-bond acceptors (Lipinski definition) is 3. The van der Waals surface area contributed by atoms with Crippen LogP contribution >= 0.6 is 0 Å². The van der Waals surface area contributed by atoms with Crippen molar-refractivity contribution in [1.82, 2.24) is 10.6 Å². The van der Waals surface area contributed by atoms with E-state index in [1.165, 1.54) is 5.56 Å². The minimum absolute atomic E-state index is 0.00689. The summed E-state index contributed by atoms with van der Waals surface area (Å²) in [6.45, 7) is 0.940. The third kappa shape index (κ3) is 4.38. The Balaban J connectivity index is 1.78. The van der Waals surface area contributed by atoms with Crippen LogP contribution in [-0.4, -0.2) is 37.3 Å². The Kier molecular flexibility index (Phi) is 5.25. The number of aliphatic carboxylic acids is 1.